The van der Waals surface area contributed by atoms with E-state index in [1.165, 1.54) is 27.5 Å². The van der Waals surface area contributed by atoms with Gasteiger partial charge in [-0.2, -0.15) is 0 Å². The maximum Gasteiger partial charge on any atom is 0.262 e. The number of aromatic nitrogens is 5. The van der Waals surface area contributed by atoms with E-state index in [0.717, 1.165) is 43.9 Å². The average molecular weight is 660 g/mol. The molecule has 1 saturated heterocycles. The smallest absolute Gasteiger partial charge is 0.262 e. The van der Waals surface area contributed by atoms with Crippen molar-refractivity contribution in [3.8, 4) is 0 Å². The molecule has 10 nitrogen and oxygen atoms in total. The lowest BCUT2D eigenvalue weighted by molar-refractivity contribution is 0.177. The van der Waals surface area contributed by atoms with Crippen molar-refractivity contribution < 1.29 is 8.95 Å². The van der Waals surface area contributed by atoms with E-state index in [1.54, 1.807) is 36.9 Å². The molecule has 1 aliphatic carbocycles. The van der Waals surface area contributed by atoms with E-state index in [1.807, 2.05) is 32.3 Å². The van der Waals surface area contributed by atoms with Crippen LogP contribution in [0.5, 0.6) is 0 Å². The molecule has 0 radical (unpaired) electrons. The minimum absolute atomic E-state index is 0.0140. The van der Waals surface area contributed by atoms with Gasteiger partial charge < -0.3 is 9.64 Å². The Labute approximate surface area is 266 Å². The normalized spacial score (nSPS) is 18.8. The van der Waals surface area contributed by atoms with Crippen LogP contribution in [0, 0.1) is 5.41 Å². The second kappa shape index (κ2) is 12.2. The number of rotatable bonds is 8. The van der Waals surface area contributed by atoms with Crippen molar-refractivity contribution >= 4 is 62.4 Å². The molecule has 14 heteroatoms. The van der Waals surface area contributed by atoms with Gasteiger partial charge in [0.15, 0.2) is 0 Å². The van der Waals surface area contributed by atoms with Gasteiger partial charge in [0.1, 0.15) is 10.8 Å². The molecule has 43 heavy (non-hydrogen) atoms. The molecule has 6 rings (SSSR count). The monoisotopic (exact) mass is 659 g/mol. The summed E-state index contributed by atoms with van der Waals surface area (Å²) in [5, 5.41) is 1.42. The highest BCUT2D eigenvalue weighted by atomic mass is 35.5. The topological polar surface area (TPSA) is 115 Å². The van der Waals surface area contributed by atoms with Crippen LogP contribution < -0.4 is 15.2 Å². The number of hydrogen-bond donors (Lipinski definition) is 1. The summed E-state index contributed by atoms with van der Waals surface area (Å²) in [6.45, 7) is 8.46. The summed E-state index contributed by atoms with van der Waals surface area (Å²) < 4.78 is 22.9. The Hall–Kier alpha value is -2.42. The Kier molecular flexibility index (Phi) is 8.66. The number of hydrogen-bond acceptors (Lipinski definition) is 10. The number of thiazole rings is 1. The number of methoxy groups -OCH3 is 1. The largest absolute Gasteiger partial charge is 0.383 e. The third-order valence-corrected chi connectivity index (χ3v) is 12.2. The third kappa shape index (κ3) is 5.99. The molecule has 4 heterocycles. The summed E-state index contributed by atoms with van der Waals surface area (Å²) in [6, 6.07) is 3.69. The molecule has 2 aliphatic rings. The van der Waals surface area contributed by atoms with Crippen LogP contribution in [0.3, 0.4) is 0 Å². The molecule has 3 aromatic heterocycles. The van der Waals surface area contributed by atoms with E-state index in [9.17, 15) is 9.00 Å². The van der Waals surface area contributed by atoms with Crippen molar-refractivity contribution in [3.63, 3.8) is 0 Å². The van der Waals surface area contributed by atoms with Gasteiger partial charge in [0.25, 0.3) is 5.56 Å². The second-order valence-electron chi connectivity index (χ2n) is 11.9. The van der Waals surface area contributed by atoms with E-state index >= 15 is 0 Å². The van der Waals surface area contributed by atoms with Crippen molar-refractivity contribution in [1.29, 1.82) is 0 Å². The number of piperidine rings is 1. The molecule has 4 aromatic rings. The first-order valence-electron chi connectivity index (χ1n) is 14.1. The highest BCUT2D eigenvalue weighted by Gasteiger charge is 2.50. The predicted octanol–water partition coefficient (Wildman–Crippen LogP) is 5.03. The molecule has 1 spiro atoms. The fourth-order valence-corrected chi connectivity index (χ4v) is 8.85. The van der Waals surface area contributed by atoms with Crippen molar-refractivity contribution in [2.75, 3.05) is 31.7 Å². The summed E-state index contributed by atoms with van der Waals surface area (Å²) in [4.78, 5) is 35.7. The van der Waals surface area contributed by atoms with Crippen molar-refractivity contribution in [1.82, 2.24) is 29.2 Å². The van der Waals surface area contributed by atoms with Gasteiger partial charge in [-0.05, 0) is 52.2 Å². The van der Waals surface area contributed by atoms with Crippen LogP contribution in [-0.4, -0.2) is 60.3 Å². The quantitative estimate of drug-likeness (QED) is 0.278. The number of ether oxygens (including phenoxy) is 1. The molecule has 1 fully saturated rings. The van der Waals surface area contributed by atoms with Crippen LogP contribution in [0.4, 0.5) is 5.82 Å². The summed E-state index contributed by atoms with van der Waals surface area (Å²) in [5.41, 5.74) is 3.37. The summed E-state index contributed by atoms with van der Waals surface area (Å²) in [6.07, 6.45) is 7.85. The van der Waals surface area contributed by atoms with Crippen LogP contribution in [-0.2, 0) is 28.7 Å². The zero-order valence-corrected chi connectivity index (χ0v) is 27.7. The van der Waals surface area contributed by atoms with Crippen LogP contribution in [0.15, 0.2) is 51.1 Å². The molecule has 228 valence electrons. The van der Waals surface area contributed by atoms with E-state index in [-0.39, 0.29) is 21.8 Å². The molecular weight excluding hydrogens is 626 g/mol. The molecule has 2 atom stereocenters. The molecule has 1 aliphatic heterocycles. The van der Waals surface area contributed by atoms with Crippen molar-refractivity contribution in [2.24, 2.45) is 5.41 Å². The highest BCUT2D eigenvalue weighted by Crippen LogP contribution is 2.53. The Morgan fingerprint density at radius 1 is 1.19 bits per heavy atom. The average Bonchev–Trinajstić information content (AvgIpc) is 3.54. The lowest BCUT2D eigenvalue weighted by Gasteiger charge is -2.44. The maximum absolute atomic E-state index is 13.1. The minimum Gasteiger partial charge on any atom is -0.383 e. The Morgan fingerprint density at radius 2 is 1.98 bits per heavy atom. The zero-order valence-electron chi connectivity index (χ0n) is 24.5. The van der Waals surface area contributed by atoms with Crippen molar-refractivity contribution in [2.45, 2.75) is 67.3 Å². The van der Waals surface area contributed by atoms with Crippen LogP contribution in [0.1, 0.15) is 50.2 Å². The standard InChI is InChI=1S/C29H34ClN7O3S3/c1-28(2,3)43(39)35-26-25-19(34-17-41-25)13-29(26)7-9-36(10-8-29)21-14-32-22(15-31-21)42-20-6-5-18-23(24(20)30)27(38)37(16-33-18)11-12-40-4/h5-6,14-17,26,35H,7-13H2,1-4H3/t26-,43-/m0/s1. The van der Waals surface area contributed by atoms with E-state index in [2.05, 4.69) is 24.6 Å². The van der Waals surface area contributed by atoms with Gasteiger partial charge in [-0.1, -0.05) is 23.4 Å². The third-order valence-electron chi connectivity index (χ3n) is 8.19. The first-order valence-corrected chi connectivity index (χ1v) is 17.3. The number of anilines is 1. The van der Waals surface area contributed by atoms with Gasteiger partial charge in [-0.3, -0.25) is 9.36 Å². The molecule has 0 unspecified atom stereocenters. The molecular formula is C29H34ClN7O3S3. The maximum atomic E-state index is 13.1. The van der Waals surface area contributed by atoms with E-state index in [4.69, 9.17) is 21.3 Å². The minimum atomic E-state index is -1.17. The van der Waals surface area contributed by atoms with Crippen molar-refractivity contribution in [3.05, 3.63) is 62.3 Å². The number of halogens is 1. The fourth-order valence-electron chi connectivity index (χ4n) is 5.72. The van der Waals surface area contributed by atoms with E-state index < -0.39 is 11.0 Å². The zero-order chi connectivity index (χ0) is 30.4. The van der Waals surface area contributed by atoms with Gasteiger partial charge in [0, 0.05) is 35.4 Å². The Bertz CT molecular complexity index is 1710. The Balaban J connectivity index is 1.15. The van der Waals surface area contributed by atoms with Crippen LogP contribution >= 0.6 is 34.7 Å². The number of nitrogens with one attached hydrogen (secondary N) is 1. The SMILES string of the molecule is COCCn1cnc2ccc(Sc3cnc(N4CCC5(CC4)Cc4ncsc4[C@@H]5N[S@@](=O)C(C)(C)C)cn3)c(Cl)c2c1=O. The second-order valence-corrected chi connectivity index (χ2v) is 16.3. The fraction of sp³-hybridized carbons (Fsp3) is 0.483. The molecule has 0 amide bonds. The lowest BCUT2D eigenvalue weighted by Crippen LogP contribution is -2.48. The van der Waals surface area contributed by atoms with Gasteiger partial charge in [0.05, 0.1) is 80.8 Å². The van der Waals surface area contributed by atoms with E-state index in [0.29, 0.717) is 39.0 Å². The lowest BCUT2D eigenvalue weighted by atomic mass is 9.74. The summed E-state index contributed by atoms with van der Waals surface area (Å²) in [5.74, 6) is 0.822. The van der Waals surface area contributed by atoms with Gasteiger partial charge in [-0.25, -0.2) is 28.9 Å². The molecule has 0 saturated carbocycles. The molecule has 1 N–H and O–H groups in total. The van der Waals surface area contributed by atoms with Crippen LogP contribution in [0.2, 0.25) is 5.02 Å². The predicted molar refractivity (Wildman–Crippen MR) is 173 cm³/mol. The van der Waals surface area contributed by atoms with Gasteiger partial charge in [0.2, 0.25) is 0 Å². The Morgan fingerprint density at radius 3 is 2.67 bits per heavy atom. The number of nitrogens with zero attached hydrogens (tertiary/aromatic N) is 6. The summed E-state index contributed by atoms with van der Waals surface area (Å²) >= 11 is 9.75. The van der Waals surface area contributed by atoms with Gasteiger partial charge in [-0.15, -0.1) is 11.3 Å². The molecule has 0 bridgehead atoms. The first-order chi connectivity index (χ1) is 20.6. The number of fused-ring (bicyclic) bond motifs is 2. The van der Waals surface area contributed by atoms with Crippen LogP contribution in [0.25, 0.3) is 10.9 Å². The summed E-state index contributed by atoms with van der Waals surface area (Å²) in [7, 11) is 0.421. The number of benzene rings is 1. The van der Waals surface area contributed by atoms with Gasteiger partial charge >= 0.3 is 0 Å². The molecule has 1 aromatic carbocycles. The highest BCUT2D eigenvalue weighted by molar-refractivity contribution is 7.99. The first kappa shape index (κ1) is 30.6.